The quantitative estimate of drug-likeness (QED) is 0.381. The second-order valence-electron chi connectivity index (χ2n) is 9.75. The summed E-state index contributed by atoms with van der Waals surface area (Å²) in [4.78, 5) is 24.3. The van der Waals surface area contributed by atoms with Crippen molar-refractivity contribution in [1.29, 1.82) is 0 Å². The van der Waals surface area contributed by atoms with Crippen molar-refractivity contribution in [2.75, 3.05) is 0 Å². The van der Waals surface area contributed by atoms with Crippen molar-refractivity contribution in [3.63, 3.8) is 0 Å². The summed E-state index contributed by atoms with van der Waals surface area (Å²) in [6, 6.07) is 3.54. The van der Waals surface area contributed by atoms with Gasteiger partial charge in [0.1, 0.15) is 23.7 Å². The minimum atomic E-state index is -2.96. The summed E-state index contributed by atoms with van der Waals surface area (Å²) < 4.78 is 42.5. The van der Waals surface area contributed by atoms with Crippen LogP contribution in [0.25, 0.3) is 11.4 Å². The van der Waals surface area contributed by atoms with E-state index in [-0.39, 0.29) is 41.3 Å². The first-order chi connectivity index (χ1) is 18.7. The number of fused-ring (bicyclic) bond motifs is 1. The fourth-order valence-electron chi connectivity index (χ4n) is 5.49. The zero-order valence-corrected chi connectivity index (χ0v) is 22.0. The van der Waals surface area contributed by atoms with Crippen LogP contribution in [0.15, 0.2) is 18.3 Å². The van der Waals surface area contributed by atoms with Gasteiger partial charge in [-0.05, 0) is 56.6 Å². The Labute approximate surface area is 227 Å². The Morgan fingerprint density at radius 1 is 1.23 bits per heavy atom. The molecule has 0 aromatic carbocycles. The summed E-state index contributed by atoms with van der Waals surface area (Å²) in [5.41, 5.74) is 2.37. The molecule has 2 aliphatic carbocycles. The maximum atomic E-state index is 12.4. The van der Waals surface area contributed by atoms with Gasteiger partial charge >= 0.3 is 18.6 Å². The number of ether oxygens (including phenoxy) is 3. The highest BCUT2D eigenvalue weighted by molar-refractivity contribution is 6.31. The van der Waals surface area contributed by atoms with Gasteiger partial charge in [0, 0.05) is 7.05 Å². The van der Waals surface area contributed by atoms with Crippen LogP contribution in [0.2, 0.25) is 5.02 Å². The fraction of sp³-hybridized carbons (Fsp3) is 0.520. The third-order valence-electron chi connectivity index (χ3n) is 7.38. The molecule has 0 radical (unpaired) electrons. The summed E-state index contributed by atoms with van der Waals surface area (Å²) in [6.07, 6.45) is 4.47. The van der Waals surface area contributed by atoms with Crippen LogP contribution < -0.4 is 9.47 Å². The van der Waals surface area contributed by atoms with Gasteiger partial charge < -0.3 is 19.3 Å². The van der Waals surface area contributed by atoms with Crippen molar-refractivity contribution in [2.24, 2.45) is 24.8 Å². The average molecular weight is 565 g/mol. The molecule has 2 fully saturated rings. The number of hydrogen-bond donors (Lipinski definition) is 1. The highest BCUT2D eigenvalue weighted by Crippen LogP contribution is 2.48. The molecule has 0 spiro atoms. The van der Waals surface area contributed by atoms with Crippen molar-refractivity contribution in [1.82, 2.24) is 29.9 Å². The number of carboxylic acid groups (broad SMARTS) is 1. The van der Waals surface area contributed by atoms with Gasteiger partial charge in [-0.2, -0.15) is 13.8 Å². The molecule has 0 aliphatic heterocycles. The van der Waals surface area contributed by atoms with E-state index in [1.54, 1.807) is 13.1 Å². The summed E-state index contributed by atoms with van der Waals surface area (Å²) >= 11 is 5.96. The van der Waals surface area contributed by atoms with E-state index >= 15 is 0 Å². The maximum Gasteiger partial charge on any atom is 0.345 e. The van der Waals surface area contributed by atoms with E-state index in [9.17, 15) is 18.7 Å². The number of hydrogen-bond acceptors (Lipinski definition) is 9. The zero-order valence-electron chi connectivity index (χ0n) is 21.3. The second-order valence-corrected chi connectivity index (χ2v) is 10.2. The van der Waals surface area contributed by atoms with E-state index in [2.05, 4.69) is 30.0 Å². The van der Waals surface area contributed by atoms with Crippen molar-refractivity contribution in [3.05, 3.63) is 40.4 Å². The van der Waals surface area contributed by atoms with Crippen LogP contribution in [0.3, 0.4) is 0 Å². The van der Waals surface area contributed by atoms with Crippen LogP contribution in [0, 0.1) is 24.7 Å². The molecule has 4 unspecified atom stereocenters. The van der Waals surface area contributed by atoms with Gasteiger partial charge in [0.25, 0.3) is 0 Å². The van der Waals surface area contributed by atoms with Crippen LogP contribution in [-0.2, 0) is 29.8 Å². The van der Waals surface area contributed by atoms with E-state index in [0.717, 1.165) is 25.7 Å². The van der Waals surface area contributed by atoms with Crippen LogP contribution >= 0.6 is 11.6 Å². The lowest BCUT2D eigenvalue weighted by Gasteiger charge is -2.18. The SMILES string of the molecule is Cc1nc(-c2nnn(C)c2COc2ncc(Cl)c(COC(F)F)n2)ccc1OC1CC2CCC(C(=O)O)C2C1. The molecule has 39 heavy (non-hydrogen) atoms. The first kappa shape index (κ1) is 27.1. The second kappa shape index (κ2) is 11.3. The van der Waals surface area contributed by atoms with Crippen molar-refractivity contribution in [2.45, 2.75) is 58.5 Å². The molecular weight excluding hydrogens is 538 g/mol. The Morgan fingerprint density at radius 3 is 2.79 bits per heavy atom. The molecule has 5 rings (SSSR count). The number of halogens is 3. The van der Waals surface area contributed by atoms with Crippen molar-refractivity contribution < 1.29 is 32.9 Å². The number of aromatic nitrogens is 6. The van der Waals surface area contributed by atoms with E-state index in [1.165, 1.54) is 10.9 Å². The molecule has 3 aromatic rings. The molecule has 0 saturated heterocycles. The van der Waals surface area contributed by atoms with Gasteiger partial charge in [0.05, 0.1) is 46.9 Å². The molecule has 14 heteroatoms. The summed E-state index contributed by atoms with van der Waals surface area (Å²) in [5.74, 6) is 0.213. The van der Waals surface area contributed by atoms with Crippen LogP contribution in [0.5, 0.6) is 11.8 Å². The molecule has 3 aromatic heterocycles. The normalized spacial score (nSPS) is 22.3. The Kier molecular flexibility index (Phi) is 7.89. The molecule has 0 bridgehead atoms. The first-order valence-electron chi connectivity index (χ1n) is 12.5. The third-order valence-corrected chi connectivity index (χ3v) is 7.70. The summed E-state index contributed by atoms with van der Waals surface area (Å²) in [5, 5.41) is 17.9. The lowest BCUT2D eigenvalue weighted by Crippen LogP contribution is -2.21. The molecule has 2 aliphatic rings. The molecule has 0 amide bonds. The topological polar surface area (TPSA) is 134 Å². The van der Waals surface area contributed by atoms with Gasteiger partial charge in [-0.1, -0.05) is 16.8 Å². The predicted molar refractivity (Wildman–Crippen MR) is 132 cm³/mol. The molecule has 11 nitrogen and oxygen atoms in total. The summed E-state index contributed by atoms with van der Waals surface area (Å²) in [6.45, 7) is -1.64. The summed E-state index contributed by atoms with van der Waals surface area (Å²) in [7, 11) is 1.70. The Balaban J connectivity index is 1.26. The highest BCUT2D eigenvalue weighted by Gasteiger charge is 2.47. The Morgan fingerprint density at radius 2 is 2.05 bits per heavy atom. The fourth-order valence-corrected chi connectivity index (χ4v) is 5.64. The number of alkyl halides is 2. The number of carboxylic acids is 1. The van der Waals surface area contributed by atoms with E-state index in [0.29, 0.717) is 34.4 Å². The highest BCUT2D eigenvalue weighted by atomic mass is 35.5. The third kappa shape index (κ3) is 5.93. The zero-order chi connectivity index (χ0) is 27.7. The lowest BCUT2D eigenvalue weighted by atomic mass is 9.92. The number of aryl methyl sites for hydroxylation is 2. The van der Waals surface area contributed by atoms with Crippen LogP contribution in [0.1, 0.15) is 42.8 Å². The molecular formula is C25H27ClF2N6O5. The molecule has 4 atom stereocenters. The molecule has 208 valence electrons. The number of nitrogens with zero attached hydrogens (tertiary/aromatic N) is 6. The Hall–Kier alpha value is -3.45. The largest absolute Gasteiger partial charge is 0.489 e. The van der Waals surface area contributed by atoms with Crippen molar-refractivity contribution >= 4 is 17.6 Å². The number of rotatable bonds is 10. The standard InChI is InChI=1S/C25H27ClF2N6O5/c1-12-21(39-14-7-13-3-4-15(23(35)36)16(13)8-14)6-5-18(30-12)22-20(34(2)33-32-22)11-38-25-29-9-17(26)19(31-25)10-37-24(27)28/h5-6,9,13-16,24H,3-4,7-8,10-11H2,1-2H3,(H,35,36). The smallest absolute Gasteiger partial charge is 0.345 e. The predicted octanol–water partition coefficient (Wildman–Crippen LogP) is 4.22. The number of carbonyl (C=O) groups is 1. The van der Waals surface area contributed by atoms with Gasteiger partial charge in [-0.3, -0.25) is 4.79 Å². The Bertz CT molecular complexity index is 1360. The number of pyridine rings is 1. The van der Waals surface area contributed by atoms with Crippen LogP contribution in [-0.4, -0.2) is 53.7 Å². The van der Waals surface area contributed by atoms with Gasteiger partial charge in [-0.25, -0.2) is 14.6 Å². The van der Waals surface area contributed by atoms with Gasteiger partial charge in [0.15, 0.2) is 0 Å². The average Bonchev–Trinajstić information content (AvgIpc) is 3.58. The van der Waals surface area contributed by atoms with Crippen molar-refractivity contribution in [3.8, 4) is 23.1 Å². The molecule has 2 saturated carbocycles. The first-order valence-corrected chi connectivity index (χ1v) is 12.9. The van der Waals surface area contributed by atoms with E-state index in [1.807, 2.05) is 13.0 Å². The lowest BCUT2D eigenvalue weighted by molar-refractivity contribution is -0.143. The monoisotopic (exact) mass is 564 g/mol. The number of aliphatic carboxylic acids is 1. The van der Waals surface area contributed by atoms with E-state index in [4.69, 9.17) is 21.1 Å². The maximum absolute atomic E-state index is 12.4. The van der Waals surface area contributed by atoms with Gasteiger partial charge in [0.2, 0.25) is 0 Å². The van der Waals surface area contributed by atoms with Crippen LogP contribution in [0.4, 0.5) is 8.78 Å². The molecule has 1 N–H and O–H groups in total. The van der Waals surface area contributed by atoms with E-state index < -0.39 is 19.2 Å². The minimum absolute atomic E-state index is 0.0236. The molecule has 3 heterocycles. The minimum Gasteiger partial charge on any atom is -0.489 e. The van der Waals surface area contributed by atoms with Gasteiger partial charge in [-0.15, -0.1) is 5.10 Å².